The second kappa shape index (κ2) is 8.07. The number of nitrogens with one attached hydrogen (secondary N) is 1. The lowest BCUT2D eigenvalue weighted by Crippen LogP contribution is -2.39. The Balaban J connectivity index is 2.21. The van der Waals surface area contributed by atoms with Crippen LogP contribution in [0.15, 0.2) is 24.3 Å². The summed E-state index contributed by atoms with van der Waals surface area (Å²) in [7, 11) is 1.24. The molecule has 0 aliphatic carbocycles. The zero-order valence-corrected chi connectivity index (χ0v) is 15.0. The van der Waals surface area contributed by atoms with Gasteiger partial charge in [-0.1, -0.05) is 32.0 Å². The number of hydrogen-bond donors (Lipinski definition) is 1. The normalized spacial score (nSPS) is 21.0. The van der Waals surface area contributed by atoms with Gasteiger partial charge in [0.05, 0.1) is 12.7 Å². The minimum absolute atomic E-state index is 0.0521. The van der Waals surface area contributed by atoms with Gasteiger partial charge >= 0.3 is 12.1 Å². The Bertz CT molecular complexity index is 661. The molecule has 1 aromatic carbocycles. The van der Waals surface area contributed by atoms with Crippen molar-refractivity contribution < 1.29 is 27.5 Å². The van der Waals surface area contributed by atoms with Crippen LogP contribution in [0.3, 0.4) is 0 Å². The molecule has 1 aromatic rings. The Morgan fingerprint density at radius 1 is 1.31 bits per heavy atom. The van der Waals surface area contributed by atoms with Crippen molar-refractivity contribution in [1.29, 1.82) is 0 Å². The molecule has 1 aliphatic rings. The molecule has 0 saturated carbocycles. The largest absolute Gasteiger partial charge is 0.468 e. The van der Waals surface area contributed by atoms with E-state index in [2.05, 4.69) is 5.32 Å². The highest BCUT2D eigenvalue weighted by Crippen LogP contribution is 2.33. The fourth-order valence-electron chi connectivity index (χ4n) is 3.09. The molecular formula is C18H23F3N2O3. The lowest BCUT2D eigenvalue weighted by molar-refractivity contribution is -0.146. The summed E-state index contributed by atoms with van der Waals surface area (Å²) in [6, 6.07) is 4.28. The van der Waals surface area contributed by atoms with Gasteiger partial charge in [-0.05, 0) is 18.1 Å². The number of esters is 1. The number of carbonyl (C=O) groups excluding carboxylic acids is 2. The van der Waals surface area contributed by atoms with Crippen LogP contribution in [0, 0.1) is 5.92 Å². The molecule has 2 atom stereocenters. The van der Waals surface area contributed by atoms with Crippen LogP contribution in [0.5, 0.6) is 0 Å². The van der Waals surface area contributed by atoms with E-state index in [1.807, 2.05) is 0 Å². The van der Waals surface area contributed by atoms with Gasteiger partial charge in [-0.3, -0.25) is 14.5 Å². The summed E-state index contributed by atoms with van der Waals surface area (Å²) in [5.41, 5.74) is -0.636. The van der Waals surface area contributed by atoms with E-state index in [1.54, 1.807) is 18.7 Å². The van der Waals surface area contributed by atoms with Gasteiger partial charge in [0.1, 0.15) is 6.04 Å². The maximum Gasteiger partial charge on any atom is 0.416 e. The van der Waals surface area contributed by atoms with E-state index in [0.717, 1.165) is 6.07 Å². The predicted octanol–water partition coefficient (Wildman–Crippen LogP) is 2.59. The fourth-order valence-corrected chi connectivity index (χ4v) is 3.09. The van der Waals surface area contributed by atoms with Gasteiger partial charge in [0.15, 0.2) is 0 Å². The lowest BCUT2D eigenvalue weighted by atomic mass is 10.1. The Morgan fingerprint density at radius 2 is 1.96 bits per heavy atom. The van der Waals surface area contributed by atoms with E-state index in [1.165, 1.54) is 25.3 Å². The molecule has 144 valence electrons. The molecule has 0 spiro atoms. The van der Waals surface area contributed by atoms with Gasteiger partial charge in [0, 0.05) is 25.0 Å². The van der Waals surface area contributed by atoms with Crippen molar-refractivity contribution >= 4 is 11.9 Å². The van der Waals surface area contributed by atoms with Crippen LogP contribution in [0.1, 0.15) is 31.4 Å². The number of ether oxygens (including phenoxy) is 1. The molecule has 0 radical (unpaired) electrons. The number of hydrogen-bond acceptors (Lipinski definition) is 4. The number of rotatable bonds is 5. The first kappa shape index (κ1) is 20.2. The molecule has 1 amide bonds. The molecule has 0 bridgehead atoms. The number of methoxy groups -OCH3 is 1. The first-order chi connectivity index (χ1) is 12.1. The molecule has 1 fully saturated rings. The van der Waals surface area contributed by atoms with E-state index in [-0.39, 0.29) is 36.5 Å². The molecular weight excluding hydrogens is 349 g/mol. The zero-order chi connectivity index (χ0) is 19.5. The number of likely N-dealkylation sites (tertiary alicyclic amines) is 1. The van der Waals surface area contributed by atoms with Crippen LogP contribution < -0.4 is 5.32 Å². The van der Waals surface area contributed by atoms with Gasteiger partial charge in [-0.25, -0.2) is 0 Å². The Labute approximate surface area is 150 Å². The average Bonchev–Trinajstić information content (AvgIpc) is 2.95. The Morgan fingerprint density at radius 3 is 2.54 bits per heavy atom. The molecule has 8 heteroatoms. The van der Waals surface area contributed by atoms with Gasteiger partial charge in [0.25, 0.3) is 0 Å². The molecule has 0 aromatic heterocycles. The predicted molar refractivity (Wildman–Crippen MR) is 89.0 cm³/mol. The zero-order valence-electron chi connectivity index (χ0n) is 15.0. The smallest absolute Gasteiger partial charge is 0.416 e. The summed E-state index contributed by atoms with van der Waals surface area (Å²) in [5.74, 6) is -0.890. The van der Waals surface area contributed by atoms with Crippen molar-refractivity contribution in [3.05, 3.63) is 35.4 Å². The minimum Gasteiger partial charge on any atom is -0.468 e. The summed E-state index contributed by atoms with van der Waals surface area (Å²) < 4.78 is 44.4. The standard InChI is InChI=1S/C18H23F3N2O3/c1-11(2)16(24)22-13-8-15(17(25)26-3)23(10-13)9-12-6-4-5-7-14(12)18(19,20)21/h4-7,11,13,15H,8-10H2,1-3H3,(H,22,24)/t13-,15+/m1/s1. The van der Waals surface area contributed by atoms with E-state index in [0.29, 0.717) is 6.42 Å². The Hall–Kier alpha value is -2.09. The number of amides is 1. The molecule has 2 rings (SSSR count). The molecule has 26 heavy (non-hydrogen) atoms. The minimum atomic E-state index is -4.47. The fraction of sp³-hybridized carbons (Fsp3) is 0.556. The number of alkyl halides is 3. The monoisotopic (exact) mass is 372 g/mol. The quantitative estimate of drug-likeness (QED) is 0.808. The van der Waals surface area contributed by atoms with E-state index in [4.69, 9.17) is 4.74 Å². The molecule has 1 heterocycles. The summed E-state index contributed by atoms with van der Waals surface area (Å²) in [6.45, 7) is 3.73. The molecule has 1 N–H and O–H groups in total. The number of halogens is 3. The van der Waals surface area contributed by atoms with Crippen molar-refractivity contribution in [2.45, 2.75) is 45.1 Å². The third-order valence-electron chi connectivity index (χ3n) is 4.44. The molecule has 5 nitrogen and oxygen atoms in total. The summed E-state index contributed by atoms with van der Waals surface area (Å²) in [6.07, 6.45) is -4.17. The lowest BCUT2D eigenvalue weighted by Gasteiger charge is -2.24. The number of nitrogens with zero attached hydrogens (tertiary/aromatic N) is 1. The van der Waals surface area contributed by atoms with Gasteiger partial charge in [-0.15, -0.1) is 0 Å². The van der Waals surface area contributed by atoms with Crippen LogP contribution >= 0.6 is 0 Å². The van der Waals surface area contributed by atoms with E-state index >= 15 is 0 Å². The molecule has 1 saturated heterocycles. The summed E-state index contributed by atoms with van der Waals surface area (Å²) in [4.78, 5) is 25.6. The maximum absolute atomic E-state index is 13.2. The van der Waals surface area contributed by atoms with Crippen LogP contribution in [-0.2, 0) is 27.0 Å². The highest BCUT2D eigenvalue weighted by atomic mass is 19.4. The first-order valence-corrected chi connectivity index (χ1v) is 8.40. The first-order valence-electron chi connectivity index (χ1n) is 8.40. The third-order valence-corrected chi connectivity index (χ3v) is 4.44. The van der Waals surface area contributed by atoms with E-state index < -0.39 is 23.8 Å². The maximum atomic E-state index is 13.2. The Kier molecular flexibility index (Phi) is 6.28. The van der Waals surface area contributed by atoms with Gasteiger partial charge in [0.2, 0.25) is 5.91 Å². The van der Waals surface area contributed by atoms with Crippen molar-refractivity contribution in [2.24, 2.45) is 5.92 Å². The second-order valence-corrected chi connectivity index (χ2v) is 6.72. The van der Waals surface area contributed by atoms with Crippen LogP contribution in [0.25, 0.3) is 0 Å². The van der Waals surface area contributed by atoms with Crippen molar-refractivity contribution in [3.8, 4) is 0 Å². The topological polar surface area (TPSA) is 58.6 Å². The SMILES string of the molecule is COC(=O)[C@@H]1C[C@@H](NC(=O)C(C)C)CN1Cc1ccccc1C(F)(F)F. The highest BCUT2D eigenvalue weighted by Gasteiger charge is 2.40. The average molecular weight is 372 g/mol. The van der Waals surface area contributed by atoms with Crippen molar-refractivity contribution in [3.63, 3.8) is 0 Å². The highest BCUT2D eigenvalue weighted by molar-refractivity contribution is 5.79. The van der Waals surface area contributed by atoms with Crippen LogP contribution in [0.4, 0.5) is 13.2 Å². The number of carbonyl (C=O) groups is 2. The molecule has 1 aliphatic heterocycles. The van der Waals surface area contributed by atoms with Crippen LogP contribution in [0.2, 0.25) is 0 Å². The second-order valence-electron chi connectivity index (χ2n) is 6.72. The molecule has 0 unspecified atom stereocenters. The van der Waals surface area contributed by atoms with E-state index in [9.17, 15) is 22.8 Å². The van der Waals surface area contributed by atoms with Crippen LogP contribution in [-0.4, -0.2) is 42.5 Å². The van der Waals surface area contributed by atoms with Gasteiger partial charge < -0.3 is 10.1 Å². The summed E-state index contributed by atoms with van der Waals surface area (Å²) >= 11 is 0. The van der Waals surface area contributed by atoms with Gasteiger partial charge in [-0.2, -0.15) is 13.2 Å². The van der Waals surface area contributed by atoms with Crippen molar-refractivity contribution in [1.82, 2.24) is 10.2 Å². The summed E-state index contributed by atoms with van der Waals surface area (Å²) in [5, 5.41) is 2.84. The van der Waals surface area contributed by atoms with Crippen molar-refractivity contribution in [2.75, 3.05) is 13.7 Å². The third kappa shape index (κ3) is 4.75. The number of benzene rings is 1.